The second kappa shape index (κ2) is 14.1. The third-order valence-corrected chi connectivity index (χ3v) is 15.7. The smallest absolute Gasteiger partial charge is 0.337 e. The molecular weight excluding hydrogens is 838 g/mol. The predicted molar refractivity (Wildman–Crippen MR) is 298 cm³/mol. The van der Waals surface area contributed by atoms with Crippen molar-refractivity contribution < 1.29 is 4.42 Å². The molecule has 5 heteroatoms. The Morgan fingerprint density at radius 3 is 1.58 bits per heavy atom. The van der Waals surface area contributed by atoms with Gasteiger partial charge in [0.25, 0.3) is 0 Å². The van der Waals surface area contributed by atoms with Gasteiger partial charge >= 0.3 is 6.85 Å². The first-order valence-corrected chi connectivity index (χ1v) is 25.2. The maximum atomic E-state index is 7.37. The summed E-state index contributed by atoms with van der Waals surface area (Å²) < 4.78 is 12.6. The van der Waals surface area contributed by atoms with Gasteiger partial charge in [-0.3, -0.25) is 4.90 Å². The molecule has 0 saturated heterocycles. The third kappa shape index (κ3) is 6.41. The lowest BCUT2D eigenvalue weighted by atomic mass is 9.45. The molecule has 0 radical (unpaired) electrons. The van der Waals surface area contributed by atoms with E-state index < -0.39 is 0 Å². The summed E-state index contributed by atoms with van der Waals surface area (Å²) in [5, 5.41) is 6.34. The number of anilines is 3. The Kier molecular flexibility index (Phi) is 8.94. The van der Waals surface area contributed by atoms with Gasteiger partial charge in [0, 0.05) is 66.1 Å². The van der Waals surface area contributed by atoms with E-state index in [1.54, 1.807) is 0 Å². The molecule has 4 nitrogen and oxygen atoms in total. The number of benzene rings is 7. The Morgan fingerprint density at radius 1 is 0.420 bits per heavy atom. The Labute approximate surface area is 409 Å². The molecule has 69 heavy (non-hydrogen) atoms. The molecule has 3 aromatic heterocycles. The summed E-state index contributed by atoms with van der Waals surface area (Å²) in [4.78, 5) is 2.47. The van der Waals surface area contributed by atoms with Gasteiger partial charge < -0.3 is 13.5 Å². The van der Waals surface area contributed by atoms with E-state index in [1.807, 2.05) is 0 Å². The van der Waals surface area contributed by atoms with Crippen molar-refractivity contribution in [1.29, 1.82) is 0 Å². The van der Waals surface area contributed by atoms with Crippen LogP contribution in [0.3, 0.4) is 0 Å². The Balaban J connectivity index is 1.34. The Morgan fingerprint density at radius 2 is 0.971 bits per heavy atom. The van der Waals surface area contributed by atoms with Crippen LogP contribution in [-0.4, -0.2) is 15.9 Å². The SMILES string of the molecule is CC(C)(C)c1ccc(N2c3cc(C(C)(C)C)cc4c3B(c3c2oc2ccc(C(C)(C)C)cc32)n2c3ccc(C(C)(C)C)cc3c3cc5c(c-4c32)c2cc(C(C)(C)C)ccc2n5-c2ccccc2)cc1. The number of furan rings is 1. The van der Waals surface area contributed by atoms with E-state index in [0.717, 1.165) is 17.2 Å². The summed E-state index contributed by atoms with van der Waals surface area (Å²) in [6.45, 7) is 34.8. The average molecular weight is 904 g/mol. The molecule has 2 aliphatic rings. The quantitative estimate of drug-likeness (QED) is 0.162. The highest BCUT2D eigenvalue weighted by molar-refractivity contribution is 6.91. The van der Waals surface area contributed by atoms with E-state index >= 15 is 0 Å². The summed E-state index contributed by atoms with van der Waals surface area (Å²) in [6.07, 6.45) is 0. The van der Waals surface area contributed by atoms with Gasteiger partial charge in [0.2, 0.25) is 5.88 Å². The zero-order chi connectivity index (χ0) is 48.6. The fraction of sp³-hybridized carbons (Fsp3) is 0.312. The van der Waals surface area contributed by atoms with Crippen LogP contribution in [-0.2, 0) is 27.1 Å². The van der Waals surface area contributed by atoms with E-state index in [4.69, 9.17) is 4.42 Å². The molecule has 5 heterocycles. The van der Waals surface area contributed by atoms with Crippen molar-refractivity contribution in [2.24, 2.45) is 0 Å². The summed E-state index contributed by atoms with van der Waals surface area (Å²) in [7, 11) is 0. The Hall–Kier alpha value is -6.46. The molecule has 7 aromatic carbocycles. The molecule has 0 fully saturated rings. The van der Waals surface area contributed by atoms with E-state index in [9.17, 15) is 0 Å². The van der Waals surface area contributed by atoms with Crippen LogP contribution >= 0.6 is 0 Å². The largest absolute Gasteiger partial charge is 0.440 e. The molecule has 2 aliphatic heterocycles. The van der Waals surface area contributed by atoms with Crippen LogP contribution in [0.1, 0.15) is 132 Å². The van der Waals surface area contributed by atoms with Crippen molar-refractivity contribution in [2.45, 2.75) is 131 Å². The first kappa shape index (κ1) is 43.8. The highest BCUT2D eigenvalue weighted by atomic mass is 16.4. The summed E-state index contributed by atoms with van der Waals surface area (Å²) >= 11 is 0. The topological polar surface area (TPSA) is 26.2 Å². The van der Waals surface area contributed by atoms with Crippen molar-refractivity contribution in [3.8, 4) is 16.8 Å². The van der Waals surface area contributed by atoms with Crippen LogP contribution in [0.25, 0.3) is 71.4 Å². The monoisotopic (exact) mass is 904 g/mol. The summed E-state index contributed by atoms with van der Waals surface area (Å²) in [6, 6.07) is 49.4. The van der Waals surface area contributed by atoms with Crippen LogP contribution in [0, 0.1) is 0 Å². The summed E-state index contributed by atoms with van der Waals surface area (Å²) in [5.74, 6) is 0.899. The standard InChI is InChI=1S/C64H66BN3O/c1-60(2,3)37-21-26-43(27-22-37)67-52-35-41(64(13,14)15)34-48-55-54-46-32-39(62(7,8)9)23-28-49(46)66(42-19-17-16-18-20-42)51(54)36-45-44-31-38(61(4,5)6)24-29-50(44)68(58(45)55)65(56(48)52)57-47-33-40(63(10,11)12)25-30-53(47)69-59(57)67/h16-36H,1-15H3. The van der Waals surface area contributed by atoms with Gasteiger partial charge in [0.15, 0.2) is 0 Å². The second-order valence-corrected chi connectivity index (χ2v) is 25.6. The van der Waals surface area contributed by atoms with Gasteiger partial charge in [-0.05, 0) is 139 Å². The van der Waals surface area contributed by atoms with Crippen LogP contribution in [0.5, 0.6) is 0 Å². The van der Waals surface area contributed by atoms with Gasteiger partial charge in [-0.1, -0.05) is 158 Å². The average Bonchev–Trinajstić information content (AvgIpc) is 3.93. The predicted octanol–water partition coefficient (Wildman–Crippen LogP) is 16.5. The van der Waals surface area contributed by atoms with Crippen LogP contribution in [0.2, 0.25) is 0 Å². The number of hydrogen-bond donors (Lipinski definition) is 0. The van der Waals surface area contributed by atoms with Crippen molar-refractivity contribution in [2.75, 3.05) is 4.90 Å². The number of rotatable bonds is 2. The lowest BCUT2D eigenvalue weighted by molar-refractivity contribution is 0.588. The molecule has 0 unspecified atom stereocenters. The van der Waals surface area contributed by atoms with Crippen molar-refractivity contribution >= 4 is 89.6 Å². The van der Waals surface area contributed by atoms with Crippen molar-refractivity contribution in [3.63, 3.8) is 0 Å². The molecule has 0 aliphatic carbocycles. The fourth-order valence-electron chi connectivity index (χ4n) is 11.7. The number of fused-ring (bicyclic) bond motifs is 13. The normalized spacial score (nSPS) is 14.2. The first-order chi connectivity index (χ1) is 32.4. The second-order valence-electron chi connectivity index (χ2n) is 25.6. The van der Waals surface area contributed by atoms with Crippen LogP contribution in [0.15, 0.2) is 132 Å². The minimum atomic E-state index is -0.168. The molecule has 10 aromatic rings. The molecule has 0 N–H and O–H groups in total. The lowest BCUT2D eigenvalue weighted by Gasteiger charge is -2.39. The summed E-state index contributed by atoms with van der Waals surface area (Å²) in [5.41, 5.74) is 20.8. The molecule has 0 bridgehead atoms. The third-order valence-electron chi connectivity index (χ3n) is 15.7. The number of nitrogens with zero attached hydrogens (tertiary/aromatic N) is 3. The van der Waals surface area contributed by atoms with E-state index in [-0.39, 0.29) is 33.9 Å². The molecule has 0 spiro atoms. The molecule has 346 valence electrons. The zero-order valence-corrected chi connectivity index (χ0v) is 43.5. The van der Waals surface area contributed by atoms with Gasteiger partial charge in [-0.25, -0.2) is 0 Å². The van der Waals surface area contributed by atoms with Crippen LogP contribution in [0.4, 0.5) is 17.3 Å². The van der Waals surface area contributed by atoms with Gasteiger partial charge in [-0.15, -0.1) is 0 Å². The molecule has 0 saturated carbocycles. The minimum absolute atomic E-state index is 0.0132. The number of hydrogen-bond acceptors (Lipinski definition) is 2. The zero-order valence-electron chi connectivity index (χ0n) is 43.5. The molecular formula is C64H66BN3O. The first-order valence-electron chi connectivity index (χ1n) is 25.2. The Bertz CT molecular complexity index is 3790. The van der Waals surface area contributed by atoms with Crippen molar-refractivity contribution in [1.82, 2.24) is 9.05 Å². The fourth-order valence-corrected chi connectivity index (χ4v) is 11.7. The number of aromatic nitrogens is 2. The highest BCUT2D eigenvalue weighted by Crippen LogP contribution is 2.53. The van der Waals surface area contributed by atoms with Gasteiger partial charge in [0.05, 0.1) is 11.0 Å². The van der Waals surface area contributed by atoms with Gasteiger partial charge in [0.1, 0.15) is 5.58 Å². The minimum Gasteiger partial charge on any atom is -0.440 e. The lowest BCUT2D eigenvalue weighted by Crippen LogP contribution is -2.56. The maximum absolute atomic E-state index is 7.37. The highest BCUT2D eigenvalue weighted by Gasteiger charge is 2.47. The van der Waals surface area contributed by atoms with Crippen LogP contribution < -0.4 is 15.8 Å². The van der Waals surface area contributed by atoms with E-state index in [1.165, 1.54) is 110 Å². The molecule has 0 amide bonds. The van der Waals surface area contributed by atoms with Crippen molar-refractivity contribution in [3.05, 3.63) is 155 Å². The van der Waals surface area contributed by atoms with E-state index in [2.05, 4.69) is 245 Å². The maximum Gasteiger partial charge on any atom is 0.337 e. The van der Waals surface area contributed by atoms with E-state index in [0.29, 0.717) is 0 Å². The number of para-hydroxylation sites is 1. The molecule has 12 rings (SSSR count). The molecule has 0 atom stereocenters. The van der Waals surface area contributed by atoms with Gasteiger partial charge in [-0.2, -0.15) is 0 Å².